The minimum absolute atomic E-state index is 0.209. The summed E-state index contributed by atoms with van der Waals surface area (Å²) in [6.45, 7) is 0. The molecule has 0 aliphatic heterocycles. The number of methoxy groups -OCH3 is 2. The minimum Gasteiger partial charge on any atom is -0.493 e. The van der Waals surface area contributed by atoms with Crippen LogP contribution in [0.5, 0.6) is 11.5 Å². The molecule has 0 heterocycles. The van der Waals surface area contributed by atoms with Gasteiger partial charge >= 0.3 is 11.9 Å². The molecule has 0 spiro atoms. The quantitative estimate of drug-likeness (QED) is 0.760. The van der Waals surface area contributed by atoms with Crippen LogP contribution in [0, 0.1) is 0 Å². The Kier molecular flexibility index (Phi) is 4.93. The molecule has 0 saturated heterocycles. The highest BCUT2D eigenvalue weighted by Gasteiger charge is 2.12. The van der Waals surface area contributed by atoms with Gasteiger partial charge in [0.25, 0.3) is 0 Å². The number of benzene rings is 1. The van der Waals surface area contributed by atoms with Crippen molar-refractivity contribution in [3.8, 4) is 11.5 Å². The van der Waals surface area contributed by atoms with Crippen LogP contribution < -0.4 is 9.47 Å². The number of carboxylic acids is 2. The Hall–Kier alpha value is -2.50. The Labute approximate surface area is 109 Å². The van der Waals surface area contributed by atoms with Crippen molar-refractivity contribution in [3.63, 3.8) is 0 Å². The van der Waals surface area contributed by atoms with E-state index < -0.39 is 18.4 Å². The highest BCUT2D eigenvalue weighted by molar-refractivity contribution is 5.96. The third-order valence-corrected chi connectivity index (χ3v) is 2.36. The Bertz CT molecular complexity index is 518. The van der Waals surface area contributed by atoms with Gasteiger partial charge in [-0.1, -0.05) is 6.07 Å². The van der Waals surface area contributed by atoms with Crippen LogP contribution in [-0.4, -0.2) is 36.4 Å². The number of hydrogen-bond acceptors (Lipinski definition) is 4. The van der Waals surface area contributed by atoms with E-state index in [9.17, 15) is 9.59 Å². The lowest BCUT2D eigenvalue weighted by molar-refractivity contribution is -0.139. The van der Waals surface area contributed by atoms with E-state index in [0.29, 0.717) is 17.1 Å². The standard InChI is InChI=1S/C13H14O6/c1-18-10-4-3-8(6-11(10)19-2)5-9(13(16)17)7-12(14)15/h3-6H,7H2,1-2H3,(H,14,15)(H,16,17). The van der Waals surface area contributed by atoms with Crippen LogP contribution in [0.2, 0.25) is 0 Å². The zero-order valence-electron chi connectivity index (χ0n) is 10.5. The molecule has 0 aliphatic rings. The van der Waals surface area contributed by atoms with Crippen molar-refractivity contribution in [2.45, 2.75) is 6.42 Å². The van der Waals surface area contributed by atoms with E-state index in [1.807, 2.05) is 0 Å². The average molecular weight is 266 g/mol. The first kappa shape index (κ1) is 14.6. The van der Waals surface area contributed by atoms with Crippen molar-refractivity contribution >= 4 is 18.0 Å². The largest absolute Gasteiger partial charge is 0.493 e. The van der Waals surface area contributed by atoms with Gasteiger partial charge < -0.3 is 19.7 Å². The second-order valence-corrected chi connectivity index (χ2v) is 3.66. The van der Waals surface area contributed by atoms with Gasteiger partial charge in [-0.3, -0.25) is 4.79 Å². The molecule has 0 radical (unpaired) electrons. The molecule has 1 aromatic carbocycles. The summed E-state index contributed by atoms with van der Waals surface area (Å²) >= 11 is 0. The fourth-order valence-corrected chi connectivity index (χ4v) is 1.50. The first-order chi connectivity index (χ1) is 8.97. The molecule has 0 saturated carbocycles. The van der Waals surface area contributed by atoms with Crippen molar-refractivity contribution in [3.05, 3.63) is 29.3 Å². The van der Waals surface area contributed by atoms with Gasteiger partial charge in [0.05, 0.1) is 20.6 Å². The third-order valence-electron chi connectivity index (χ3n) is 2.36. The maximum Gasteiger partial charge on any atom is 0.332 e. The van der Waals surface area contributed by atoms with Crippen LogP contribution in [0.15, 0.2) is 23.8 Å². The molecule has 2 N–H and O–H groups in total. The van der Waals surface area contributed by atoms with Crippen LogP contribution in [0.4, 0.5) is 0 Å². The molecular formula is C13H14O6. The summed E-state index contributed by atoms with van der Waals surface area (Å²) in [6, 6.07) is 4.81. The summed E-state index contributed by atoms with van der Waals surface area (Å²) in [6.07, 6.45) is 0.738. The van der Waals surface area contributed by atoms with E-state index in [2.05, 4.69) is 0 Å². The molecule has 0 unspecified atom stereocenters. The Morgan fingerprint density at radius 2 is 1.79 bits per heavy atom. The highest BCUT2D eigenvalue weighted by atomic mass is 16.5. The highest BCUT2D eigenvalue weighted by Crippen LogP contribution is 2.28. The topological polar surface area (TPSA) is 93.1 Å². The normalized spacial score (nSPS) is 10.9. The van der Waals surface area contributed by atoms with Gasteiger partial charge in [0.15, 0.2) is 11.5 Å². The van der Waals surface area contributed by atoms with Crippen molar-refractivity contribution in [2.75, 3.05) is 14.2 Å². The van der Waals surface area contributed by atoms with Crippen LogP contribution in [-0.2, 0) is 9.59 Å². The first-order valence-corrected chi connectivity index (χ1v) is 5.35. The van der Waals surface area contributed by atoms with E-state index in [0.717, 1.165) is 0 Å². The molecule has 1 rings (SSSR count). The fourth-order valence-electron chi connectivity index (χ4n) is 1.50. The van der Waals surface area contributed by atoms with Gasteiger partial charge in [0, 0.05) is 5.57 Å². The lowest BCUT2D eigenvalue weighted by Crippen LogP contribution is -2.06. The lowest BCUT2D eigenvalue weighted by Gasteiger charge is -2.08. The monoisotopic (exact) mass is 266 g/mol. The molecule has 1 aromatic rings. The van der Waals surface area contributed by atoms with Crippen molar-refractivity contribution in [1.82, 2.24) is 0 Å². The number of carbonyl (C=O) groups is 2. The zero-order valence-corrected chi connectivity index (χ0v) is 10.5. The van der Waals surface area contributed by atoms with E-state index in [1.54, 1.807) is 18.2 Å². The number of aliphatic carboxylic acids is 2. The van der Waals surface area contributed by atoms with Crippen molar-refractivity contribution < 1.29 is 29.3 Å². The summed E-state index contributed by atoms with van der Waals surface area (Å²) in [4.78, 5) is 21.5. The molecule has 0 fully saturated rings. The van der Waals surface area contributed by atoms with Gasteiger partial charge in [-0.2, -0.15) is 0 Å². The average Bonchev–Trinajstić information content (AvgIpc) is 2.37. The summed E-state index contributed by atoms with van der Waals surface area (Å²) in [5.41, 5.74) is 0.316. The fraction of sp³-hybridized carbons (Fsp3) is 0.231. The number of carboxylic acid groups (broad SMARTS) is 2. The van der Waals surface area contributed by atoms with E-state index in [4.69, 9.17) is 19.7 Å². The lowest BCUT2D eigenvalue weighted by atomic mass is 10.1. The summed E-state index contributed by atoms with van der Waals surface area (Å²) in [5.74, 6) is -1.52. The molecule has 6 nitrogen and oxygen atoms in total. The van der Waals surface area contributed by atoms with Gasteiger partial charge in [-0.25, -0.2) is 4.79 Å². The second kappa shape index (κ2) is 6.44. The van der Waals surface area contributed by atoms with Crippen LogP contribution >= 0.6 is 0 Å². The molecule has 0 atom stereocenters. The molecule has 0 amide bonds. The molecule has 0 bridgehead atoms. The molecular weight excluding hydrogens is 252 g/mol. The Balaban J connectivity index is 3.14. The van der Waals surface area contributed by atoms with Crippen molar-refractivity contribution in [1.29, 1.82) is 0 Å². The molecule has 19 heavy (non-hydrogen) atoms. The maximum absolute atomic E-state index is 10.9. The molecule has 0 aromatic heterocycles. The van der Waals surface area contributed by atoms with E-state index in [-0.39, 0.29) is 5.57 Å². The second-order valence-electron chi connectivity index (χ2n) is 3.66. The predicted octanol–water partition coefficient (Wildman–Crippen LogP) is 1.65. The Morgan fingerprint density at radius 3 is 2.26 bits per heavy atom. The molecule has 102 valence electrons. The van der Waals surface area contributed by atoms with E-state index >= 15 is 0 Å². The van der Waals surface area contributed by atoms with Gasteiger partial charge in [0.1, 0.15) is 0 Å². The molecule has 6 heteroatoms. The van der Waals surface area contributed by atoms with Gasteiger partial charge in [-0.05, 0) is 23.8 Å². The van der Waals surface area contributed by atoms with Gasteiger partial charge in [0.2, 0.25) is 0 Å². The smallest absolute Gasteiger partial charge is 0.332 e. The SMILES string of the molecule is COc1ccc(C=C(CC(=O)O)C(=O)O)cc1OC. The number of ether oxygens (including phenoxy) is 2. The minimum atomic E-state index is -1.27. The third kappa shape index (κ3) is 4.02. The van der Waals surface area contributed by atoms with Gasteiger partial charge in [-0.15, -0.1) is 0 Å². The number of rotatable bonds is 6. The summed E-state index contributed by atoms with van der Waals surface area (Å²) < 4.78 is 10.1. The number of hydrogen-bond donors (Lipinski definition) is 2. The predicted molar refractivity (Wildman–Crippen MR) is 67.4 cm³/mol. The molecule has 0 aliphatic carbocycles. The van der Waals surface area contributed by atoms with E-state index in [1.165, 1.54) is 20.3 Å². The van der Waals surface area contributed by atoms with Crippen molar-refractivity contribution in [2.24, 2.45) is 0 Å². The first-order valence-electron chi connectivity index (χ1n) is 5.35. The van der Waals surface area contributed by atoms with Crippen LogP contribution in [0.3, 0.4) is 0 Å². The summed E-state index contributed by atoms with van der Waals surface area (Å²) in [5, 5.41) is 17.6. The zero-order chi connectivity index (χ0) is 14.4. The maximum atomic E-state index is 10.9. The van der Waals surface area contributed by atoms with Crippen LogP contribution in [0.1, 0.15) is 12.0 Å². The summed E-state index contributed by atoms with van der Waals surface area (Å²) in [7, 11) is 2.95. The van der Waals surface area contributed by atoms with Crippen LogP contribution in [0.25, 0.3) is 6.08 Å². The Morgan fingerprint density at radius 1 is 1.16 bits per heavy atom.